The Labute approximate surface area is 103 Å². The van der Waals surface area contributed by atoms with E-state index in [1.54, 1.807) is 11.3 Å². The van der Waals surface area contributed by atoms with Gasteiger partial charge in [-0.2, -0.15) is 0 Å². The molecule has 0 aliphatic rings. The Kier molecular flexibility index (Phi) is 2.45. The molecule has 3 rings (SSSR count). The third-order valence-corrected chi connectivity index (χ3v) is 3.44. The van der Waals surface area contributed by atoms with Crippen molar-refractivity contribution >= 4 is 16.3 Å². The highest BCUT2D eigenvalue weighted by Gasteiger charge is 2.11. The largest absolute Gasteiger partial charge is 0.357 e. The van der Waals surface area contributed by atoms with Crippen molar-refractivity contribution in [3.63, 3.8) is 0 Å². The fourth-order valence-corrected chi connectivity index (χ4v) is 2.66. The Morgan fingerprint density at radius 2 is 2.35 bits per heavy atom. The van der Waals surface area contributed by atoms with E-state index in [1.807, 2.05) is 22.3 Å². The summed E-state index contributed by atoms with van der Waals surface area (Å²) in [7, 11) is 2.01. The molecule has 0 aliphatic carbocycles. The summed E-state index contributed by atoms with van der Waals surface area (Å²) < 4.78 is 3.92. The summed E-state index contributed by atoms with van der Waals surface area (Å²) in [5.74, 6) is 0.816. The van der Waals surface area contributed by atoms with Gasteiger partial charge in [-0.1, -0.05) is 0 Å². The van der Waals surface area contributed by atoms with Crippen LogP contribution in [0.25, 0.3) is 16.2 Å². The van der Waals surface area contributed by atoms with Crippen LogP contribution in [-0.4, -0.2) is 25.7 Å². The lowest BCUT2D eigenvalue weighted by atomic mass is 10.3. The number of rotatable bonds is 3. The van der Waals surface area contributed by atoms with Gasteiger partial charge in [0.2, 0.25) is 4.96 Å². The fourth-order valence-electron chi connectivity index (χ4n) is 1.81. The van der Waals surface area contributed by atoms with Crippen LogP contribution in [0.2, 0.25) is 0 Å². The molecule has 0 saturated heterocycles. The average Bonchev–Trinajstić information content (AvgIpc) is 2.93. The number of aromatic nitrogens is 4. The lowest BCUT2D eigenvalue weighted by Gasteiger charge is -1.93. The Morgan fingerprint density at radius 3 is 3.06 bits per heavy atom. The number of fused-ring (bicyclic) bond motifs is 1. The molecule has 0 atom stereocenters. The molecule has 17 heavy (non-hydrogen) atoms. The van der Waals surface area contributed by atoms with E-state index in [1.165, 1.54) is 0 Å². The number of hydrogen-bond acceptors (Lipinski definition) is 4. The summed E-state index contributed by atoms with van der Waals surface area (Å²) in [6, 6.07) is 2.08. The third kappa shape index (κ3) is 1.75. The summed E-state index contributed by atoms with van der Waals surface area (Å²) in [5, 5.41) is 6.56. The highest BCUT2D eigenvalue weighted by atomic mass is 32.1. The minimum Gasteiger partial charge on any atom is -0.357 e. The van der Waals surface area contributed by atoms with Crippen molar-refractivity contribution in [2.75, 3.05) is 6.54 Å². The van der Waals surface area contributed by atoms with Gasteiger partial charge in [0.1, 0.15) is 0 Å². The van der Waals surface area contributed by atoms with Crippen LogP contribution >= 0.6 is 11.3 Å². The average molecular weight is 247 g/mol. The number of thiazole rings is 1. The number of nitrogens with zero attached hydrogens (tertiary/aromatic N) is 4. The first-order chi connectivity index (χ1) is 8.28. The maximum Gasteiger partial charge on any atom is 0.212 e. The quantitative estimate of drug-likeness (QED) is 0.759. The zero-order valence-corrected chi connectivity index (χ0v) is 10.3. The zero-order chi connectivity index (χ0) is 11.8. The van der Waals surface area contributed by atoms with Gasteiger partial charge in [-0.05, 0) is 12.6 Å². The standard InChI is InChI=1S/C11H13N5S/c1-15-5-3-8(6-15)9-7-17-11-13-10(2-4-12)14-16(9)11/h3,5-7H,2,4,12H2,1H3. The highest BCUT2D eigenvalue weighted by Crippen LogP contribution is 2.25. The Balaban J connectivity index is 2.10. The molecule has 3 aromatic heterocycles. The van der Waals surface area contributed by atoms with Crippen LogP contribution < -0.4 is 5.73 Å². The van der Waals surface area contributed by atoms with E-state index in [0.29, 0.717) is 6.54 Å². The van der Waals surface area contributed by atoms with Crippen LogP contribution in [-0.2, 0) is 13.5 Å². The van der Waals surface area contributed by atoms with Crippen molar-refractivity contribution in [2.24, 2.45) is 12.8 Å². The van der Waals surface area contributed by atoms with Gasteiger partial charge < -0.3 is 10.3 Å². The van der Waals surface area contributed by atoms with E-state index in [-0.39, 0.29) is 0 Å². The lowest BCUT2D eigenvalue weighted by molar-refractivity contribution is 0.848. The van der Waals surface area contributed by atoms with Gasteiger partial charge in [0.25, 0.3) is 0 Å². The van der Waals surface area contributed by atoms with E-state index >= 15 is 0 Å². The third-order valence-electron chi connectivity index (χ3n) is 2.62. The molecule has 88 valence electrons. The molecule has 3 heterocycles. The lowest BCUT2D eigenvalue weighted by Crippen LogP contribution is -2.04. The molecule has 0 amide bonds. The van der Waals surface area contributed by atoms with Gasteiger partial charge in [-0.15, -0.1) is 16.4 Å². The second-order valence-electron chi connectivity index (χ2n) is 3.95. The number of hydrogen-bond donors (Lipinski definition) is 1. The van der Waals surface area contributed by atoms with Gasteiger partial charge >= 0.3 is 0 Å². The molecule has 2 N–H and O–H groups in total. The van der Waals surface area contributed by atoms with Crippen LogP contribution in [0.15, 0.2) is 23.8 Å². The monoisotopic (exact) mass is 247 g/mol. The minimum atomic E-state index is 0.582. The van der Waals surface area contributed by atoms with Crippen molar-refractivity contribution in [3.05, 3.63) is 29.7 Å². The Hall–Kier alpha value is -1.66. The van der Waals surface area contributed by atoms with Gasteiger partial charge in [-0.25, -0.2) is 9.50 Å². The molecule has 0 unspecified atom stereocenters. The fraction of sp³-hybridized carbons (Fsp3) is 0.273. The van der Waals surface area contributed by atoms with E-state index < -0.39 is 0 Å². The van der Waals surface area contributed by atoms with Gasteiger partial charge in [-0.3, -0.25) is 0 Å². The minimum absolute atomic E-state index is 0.582. The van der Waals surface area contributed by atoms with Crippen LogP contribution in [0.5, 0.6) is 0 Å². The summed E-state index contributed by atoms with van der Waals surface area (Å²) >= 11 is 1.60. The van der Waals surface area contributed by atoms with E-state index in [4.69, 9.17) is 5.73 Å². The first-order valence-electron chi connectivity index (χ1n) is 5.43. The SMILES string of the molecule is Cn1ccc(-c2csc3nc(CCN)nn23)c1. The number of nitrogens with two attached hydrogens (primary N) is 1. The maximum atomic E-state index is 5.51. The normalized spacial score (nSPS) is 11.4. The van der Waals surface area contributed by atoms with Gasteiger partial charge in [0, 0.05) is 36.8 Å². The van der Waals surface area contributed by atoms with Crippen LogP contribution in [0.3, 0.4) is 0 Å². The molecule has 5 nitrogen and oxygen atoms in total. The van der Waals surface area contributed by atoms with Crippen LogP contribution in [0, 0.1) is 0 Å². The first-order valence-corrected chi connectivity index (χ1v) is 6.31. The predicted octanol–water partition coefficient (Wildman–Crippen LogP) is 1.30. The van der Waals surface area contributed by atoms with Crippen molar-refractivity contribution in [1.29, 1.82) is 0 Å². The van der Waals surface area contributed by atoms with Gasteiger partial charge in [0.05, 0.1) is 5.69 Å². The zero-order valence-electron chi connectivity index (χ0n) is 9.50. The molecular weight excluding hydrogens is 234 g/mol. The summed E-state index contributed by atoms with van der Waals surface area (Å²) in [6.07, 6.45) is 4.82. The van der Waals surface area contributed by atoms with E-state index in [0.717, 1.165) is 28.5 Å². The van der Waals surface area contributed by atoms with Crippen molar-refractivity contribution in [3.8, 4) is 11.3 Å². The smallest absolute Gasteiger partial charge is 0.212 e. The predicted molar refractivity (Wildman–Crippen MR) is 68.0 cm³/mol. The second kappa shape index (κ2) is 3.97. The summed E-state index contributed by atoms with van der Waals surface area (Å²) in [4.78, 5) is 5.36. The molecule has 0 radical (unpaired) electrons. The Bertz CT molecular complexity index is 648. The van der Waals surface area contributed by atoms with Gasteiger partial charge in [0.15, 0.2) is 5.82 Å². The van der Waals surface area contributed by atoms with Crippen LogP contribution in [0.1, 0.15) is 5.82 Å². The Morgan fingerprint density at radius 1 is 1.47 bits per heavy atom. The summed E-state index contributed by atoms with van der Waals surface area (Å²) in [5.41, 5.74) is 7.75. The molecule has 0 aromatic carbocycles. The highest BCUT2D eigenvalue weighted by molar-refractivity contribution is 7.15. The molecule has 0 saturated carbocycles. The maximum absolute atomic E-state index is 5.51. The molecular formula is C11H13N5S. The molecule has 0 fully saturated rings. The first kappa shape index (κ1) is 10.5. The molecule has 0 spiro atoms. The molecule has 6 heteroatoms. The van der Waals surface area contributed by atoms with Crippen molar-refractivity contribution < 1.29 is 0 Å². The van der Waals surface area contributed by atoms with Crippen molar-refractivity contribution in [1.82, 2.24) is 19.2 Å². The molecule has 3 aromatic rings. The topological polar surface area (TPSA) is 61.1 Å². The molecule has 0 aliphatic heterocycles. The molecule has 0 bridgehead atoms. The van der Waals surface area contributed by atoms with Crippen LogP contribution in [0.4, 0.5) is 0 Å². The van der Waals surface area contributed by atoms with E-state index in [9.17, 15) is 0 Å². The second-order valence-corrected chi connectivity index (χ2v) is 4.78. The summed E-state index contributed by atoms with van der Waals surface area (Å²) in [6.45, 7) is 0.582. The van der Waals surface area contributed by atoms with E-state index in [2.05, 4.69) is 27.7 Å². The van der Waals surface area contributed by atoms with Crippen molar-refractivity contribution in [2.45, 2.75) is 6.42 Å². The number of aryl methyl sites for hydroxylation is 1.